The summed E-state index contributed by atoms with van der Waals surface area (Å²) in [5.41, 5.74) is 1.63. The molecule has 1 N–H and O–H groups in total. The van der Waals surface area contributed by atoms with Crippen LogP contribution >= 0.6 is 11.6 Å². The van der Waals surface area contributed by atoms with Crippen molar-refractivity contribution in [3.8, 4) is 28.2 Å². The molecule has 1 amide bonds. The zero-order valence-corrected chi connectivity index (χ0v) is 20.4. The van der Waals surface area contributed by atoms with Gasteiger partial charge in [0.15, 0.2) is 0 Å². The van der Waals surface area contributed by atoms with E-state index in [-0.39, 0.29) is 16.6 Å². The van der Waals surface area contributed by atoms with E-state index in [1.54, 1.807) is 24.3 Å². The number of nitrogens with one attached hydrogen (secondary N) is 1. The highest BCUT2D eigenvalue weighted by molar-refractivity contribution is 6.33. The predicted octanol–water partition coefficient (Wildman–Crippen LogP) is 6.17. The molecule has 0 radical (unpaired) electrons. The lowest BCUT2D eigenvalue weighted by Gasteiger charge is -2.19. The van der Waals surface area contributed by atoms with Crippen LogP contribution in [0.4, 0.5) is 13.2 Å². The van der Waals surface area contributed by atoms with Gasteiger partial charge in [0.2, 0.25) is 0 Å². The maximum absolute atomic E-state index is 14.0. The van der Waals surface area contributed by atoms with Crippen molar-refractivity contribution >= 4 is 17.5 Å². The molecule has 0 aliphatic heterocycles. The van der Waals surface area contributed by atoms with Crippen LogP contribution in [0.25, 0.3) is 28.2 Å². The third-order valence-electron chi connectivity index (χ3n) is 5.65. The monoisotopic (exact) mass is 512 g/mol. The highest BCUT2D eigenvalue weighted by Crippen LogP contribution is 2.40. The number of halogens is 4. The van der Waals surface area contributed by atoms with E-state index in [1.165, 1.54) is 16.8 Å². The van der Waals surface area contributed by atoms with Crippen LogP contribution < -0.4 is 5.32 Å². The van der Waals surface area contributed by atoms with Crippen LogP contribution in [0.1, 0.15) is 15.9 Å². The van der Waals surface area contributed by atoms with Crippen molar-refractivity contribution in [1.82, 2.24) is 19.8 Å². The summed E-state index contributed by atoms with van der Waals surface area (Å²) in [7, 11) is 3.81. The van der Waals surface area contributed by atoms with E-state index in [2.05, 4.69) is 10.3 Å². The standard InChI is InChI=1S/C27H24ClF3N4O/c1-34(2)15-14-33-26(36)19-8-9-20(22(28)16-19)24-11-10-23(18-6-4-3-5-7-18)35(24)25-17-32-13-12-21(25)27(29,30)31/h3-13,16-17H,14-15H2,1-2H3,(H,33,36). The van der Waals surface area contributed by atoms with Gasteiger partial charge in [-0.15, -0.1) is 0 Å². The maximum atomic E-state index is 14.0. The Morgan fingerprint density at radius 1 is 1.03 bits per heavy atom. The van der Waals surface area contributed by atoms with Crippen LogP contribution in [0.3, 0.4) is 0 Å². The Morgan fingerprint density at radius 2 is 1.75 bits per heavy atom. The Morgan fingerprint density at radius 3 is 2.42 bits per heavy atom. The fraction of sp³-hybridized carbons (Fsp3) is 0.185. The van der Waals surface area contributed by atoms with Crippen molar-refractivity contribution in [1.29, 1.82) is 0 Å². The molecule has 36 heavy (non-hydrogen) atoms. The highest BCUT2D eigenvalue weighted by Gasteiger charge is 2.35. The number of likely N-dealkylation sites (N-methyl/N-ethyl adjacent to an activating group) is 1. The minimum absolute atomic E-state index is 0.120. The zero-order chi connectivity index (χ0) is 25.9. The molecule has 0 unspecified atom stereocenters. The molecule has 0 fully saturated rings. The number of hydrogen-bond acceptors (Lipinski definition) is 3. The first-order valence-corrected chi connectivity index (χ1v) is 11.6. The van der Waals surface area contributed by atoms with Gasteiger partial charge in [-0.3, -0.25) is 9.78 Å². The van der Waals surface area contributed by atoms with E-state index < -0.39 is 11.7 Å². The summed E-state index contributed by atoms with van der Waals surface area (Å²) < 4.78 is 43.4. The number of nitrogens with zero attached hydrogens (tertiary/aromatic N) is 3. The van der Waals surface area contributed by atoms with Gasteiger partial charge in [-0.05, 0) is 50.0 Å². The zero-order valence-electron chi connectivity index (χ0n) is 19.7. The Bertz CT molecular complexity index is 1370. The molecule has 0 aliphatic carbocycles. The topological polar surface area (TPSA) is 50.2 Å². The van der Waals surface area contributed by atoms with Crippen LogP contribution in [-0.4, -0.2) is 47.5 Å². The van der Waals surface area contributed by atoms with E-state index in [0.29, 0.717) is 35.6 Å². The van der Waals surface area contributed by atoms with Gasteiger partial charge < -0.3 is 14.8 Å². The van der Waals surface area contributed by atoms with Gasteiger partial charge in [-0.25, -0.2) is 0 Å². The van der Waals surface area contributed by atoms with Gasteiger partial charge in [0.25, 0.3) is 5.91 Å². The summed E-state index contributed by atoms with van der Waals surface area (Å²) in [6.45, 7) is 1.15. The Hall–Kier alpha value is -3.62. The molecule has 2 aromatic heterocycles. The average molecular weight is 513 g/mol. The van der Waals surface area contributed by atoms with Gasteiger partial charge in [0.05, 0.1) is 33.9 Å². The largest absolute Gasteiger partial charge is 0.418 e. The first-order chi connectivity index (χ1) is 17.2. The van der Waals surface area contributed by atoms with Crippen LogP contribution in [-0.2, 0) is 6.18 Å². The van der Waals surface area contributed by atoms with E-state index in [9.17, 15) is 18.0 Å². The molecule has 2 aromatic carbocycles. The molecule has 4 aromatic rings. The molecule has 4 rings (SSSR count). The quantitative estimate of drug-likeness (QED) is 0.322. The van der Waals surface area contributed by atoms with Crippen molar-refractivity contribution in [3.63, 3.8) is 0 Å². The summed E-state index contributed by atoms with van der Waals surface area (Å²) in [6, 6.07) is 18.3. The van der Waals surface area contributed by atoms with E-state index >= 15 is 0 Å². The lowest BCUT2D eigenvalue weighted by atomic mass is 10.1. The summed E-state index contributed by atoms with van der Waals surface area (Å²) in [5.74, 6) is -0.280. The van der Waals surface area contributed by atoms with E-state index in [0.717, 1.165) is 17.8 Å². The molecule has 0 atom stereocenters. The molecule has 0 bridgehead atoms. The summed E-state index contributed by atoms with van der Waals surface area (Å²) in [5, 5.41) is 3.07. The lowest BCUT2D eigenvalue weighted by Crippen LogP contribution is -2.31. The van der Waals surface area contributed by atoms with Crippen molar-refractivity contribution in [2.75, 3.05) is 27.2 Å². The number of benzene rings is 2. The minimum Gasteiger partial charge on any atom is -0.351 e. The minimum atomic E-state index is -4.59. The third kappa shape index (κ3) is 5.45. The van der Waals surface area contributed by atoms with Crippen LogP contribution in [0.2, 0.25) is 5.02 Å². The number of rotatable bonds is 7. The first kappa shape index (κ1) is 25.5. The summed E-state index contributed by atoms with van der Waals surface area (Å²) in [4.78, 5) is 18.5. The number of hydrogen-bond donors (Lipinski definition) is 1. The van der Waals surface area contributed by atoms with Gasteiger partial charge in [0, 0.05) is 30.4 Å². The fourth-order valence-corrected chi connectivity index (χ4v) is 4.18. The van der Waals surface area contributed by atoms with Crippen LogP contribution in [0, 0.1) is 0 Å². The normalized spacial score (nSPS) is 11.6. The lowest BCUT2D eigenvalue weighted by molar-refractivity contribution is -0.137. The molecule has 0 aliphatic rings. The molecular formula is C27H24ClF3N4O. The third-order valence-corrected chi connectivity index (χ3v) is 5.96. The Labute approximate surface area is 212 Å². The molecule has 2 heterocycles. The van der Waals surface area contributed by atoms with E-state index in [1.807, 2.05) is 49.3 Å². The Kier molecular flexibility index (Phi) is 7.47. The summed E-state index contributed by atoms with van der Waals surface area (Å²) >= 11 is 6.60. The number of alkyl halides is 3. The molecule has 9 heteroatoms. The van der Waals surface area contributed by atoms with Crippen molar-refractivity contribution < 1.29 is 18.0 Å². The number of aromatic nitrogens is 2. The van der Waals surface area contributed by atoms with Gasteiger partial charge in [0.1, 0.15) is 0 Å². The SMILES string of the molecule is CN(C)CCNC(=O)c1ccc(-c2ccc(-c3ccccc3)n2-c2cnccc2C(F)(F)F)c(Cl)c1. The fourth-order valence-electron chi connectivity index (χ4n) is 3.90. The highest BCUT2D eigenvalue weighted by atomic mass is 35.5. The molecule has 0 saturated carbocycles. The van der Waals surface area contributed by atoms with Crippen LogP contribution in [0.5, 0.6) is 0 Å². The first-order valence-electron chi connectivity index (χ1n) is 11.2. The number of carbonyl (C=O) groups is 1. The predicted molar refractivity (Wildman–Crippen MR) is 135 cm³/mol. The van der Waals surface area contributed by atoms with Gasteiger partial charge >= 0.3 is 6.18 Å². The van der Waals surface area contributed by atoms with Gasteiger partial charge in [-0.2, -0.15) is 13.2 Å². The molecule has 5 nitrogen and oxygen atoms in total. The number of carbonyl (C=O) groups excluding carboxylic acids is 1. The molecule has 186 valence electrons. The molecule has 0 spiro atoms. The van der Waals surface area contributed by atoms with E-state index in [4.69, 9.17) is 11.6 Å². The second-order valence-electron chi connectivity index (χ2n) is 8.45. The van der Waals surface area contributed by atoms with Crippen molar-refractivity contribution in [2.24, 2.45) is 0 Å². The van der Waals surface area contributed by atoms with Crippen LogP contribution in [0.15, 0.2) is 79.1 Å². The number of pyridine rings is 1. The molecular weight excluding hydrogens is 489 g/mol. The smallest absolute Gasteiger partial charge is 0.351 e. The van der Waals surface area contributed by atoms with Crippen molar-refractivity contribution in [3.05, 3.63) is 95.3 Å². The maximum Gasteiger partial charge on any atom is 0.418 e. The number of amides is 1. The average Bonchev–Trinajstić information content (AvgIpc) is 3.28. The van der Waals surface area contributed by atoms with Crippen molar-refractivity contribution in [2.45, 2.75) is 6.18 Å². The molecule has 0 saturated heterocycles. The summed E-state index contributed by atoms with van der Waals surface area (Å²) in [6.07, 6.45) is -2.28. The van der Waals surface area contributed by atoms with Gasteiger partial charge in [-0.1, -0.05) is 48.0 Å². The Balaban J connectivity index is 1.83. The second-order valence-corrected chi connectivity index (χ2v) is 8.86. The second kappa shape index (κ2) is 10.6.